The molecular formula is C27H40N2O2S2. The highest BCUT2D eigenvalue weighted by atomic mass is 32.2. The molecule has 4 nitrogen and oxygen atoms in total. The number of thioether (sulfide) groups is 2. The van der Waals surface area contributed by atoms with Crippen molar-refractivity contribution >= 4 is 23.5 Å². The molecule has 1 aliphatic rings. The van der Waals surface area contributed by atoms with E-state index in [2.05, 4.69) is 102 Å². The number of hydrogen-bond donors (Lipinski definition) is 0. The highest BCUT2D eigenvalue weighted by Gasteiger charge is 2.13. The van der Waals surface area contributed by atoms with Crippen LogP contribution in [0.3, 0.4) is 0 Å². The van der Waals surface area contributed by atoms with Crippen molar-refractivity contribution in [2.24, 2.45) is 0 Å². The van der Waals surface area contributed by atoms with E-state index in [1.165, 1.54) is 39.7 Å². The second-order valence-corrected chi connectivity index (χ2v) is 11.1. The van der Waals surface area contributed by atoms with Crippen LogP contribution in [0.25, 0.3) is 11.1 Å². The lowest BCUT2D eigenvalue weighted by molar-refractivity contribution is -0.0233. The highest BCUT2D eigenvalue weighted by molar-refractivity contribution is 8.02. The van der Waals surface area contributed by atoms with Crippen LogP contribution in [0, 0.1) is 0 Å². The molecule has 2 aromatic rings. The summed E-state index contributed by atoms with van der Waals surface area (Å²) in [4.78, 5) is 4.75. The fourth-order valence-electron chi connectivity index (χ4n) is 3.69. The molecule has 182 valence electrons. The molecule has 1 heterocycles. The zero-order chi connectivity index (χ0) is 23.1. The SMILES string of the molecule is CN1CCOCC(Cc2ccc(-c3ccccc3)cc2)OCCN(C)CCSCCSCC1. The Labute approximate surface area is 209 Å². The van der Waals surface area contributed by atoms with Crippen molar-refractivity contribution in [1.29, 1.82) is 0 Å². The lowest BCUT2D eigenvalue weighted by Gasteiger charge is -2.22. The number of ether oxygens (including phenoxy) is 2. The Kier molecular flexibility index (Phi) is 12.7. The van der Waals surface area contributed by atoms with E-state index in [4.69, 9.17) is 9.47 Å². The van der Waals surface area contributed by atoms with Gasteiger partial charge in [0.15, 0.2) is 0 Å². The van der Waals surface area contributed by atoms with E-state index >= 15 is 0 Å². The first-order valence-electron chi connectivity index (χ1n) is 12.1. The van der Waals surface area contributed by atoms with Crippen molar-refractivity contribution in [2.45, 2.75) is 12.5 Å². The van der Waals surface area contributed by atoms with Gasteiger partial charge in [-0.3, -0.25) is 0 Å². The summed E-state index contributed by atoms with van der Waals surface area (Å²) in [6.07, 6.45) is 0.955. The van der Waals surface area contributed by atoms with Crippen LogP contribution in [0.4, 0.5) is 0 Å². The van der Waals surface area contributed by atoms with Gasteiger partial charge in [0.05, 0.1) is 25.9 Å². The Hall–Kier alpha value is -1.02. The molecule has 1 saturated heterocycles. The van der Waals surface area contributed by atoms with E-state index in [1.54, 1.807) is 0 Å². The van der Waals surface area contributed by atoms with E-state index in [1.807, 2.05) is 0 Å². The van der Waals surface area contributed by atoms with Crippen LogP contribution in [0.1, 0.15) is 5.56 Å². The van der Waals surface area contributed by atoms with Crippen molar-refractivity contribution < 1.29 is 9.47 Å². The smallest absolute Gasteiger partial charge is 0.0849 e. The first-order valence-corrected chi connectivity index (χ1v) is 14.4. The van der Waals surface area contributed by atoms with E-state index in [0.717, 1.165) is 45.8 Å². The first kappa shape index (κ1) is 26.6. The summed E-state index contributed by atoms with van der Waals surface area (Å²) >= 11 is 4.13. The average Bonchev–Trinajstić information content (AvgIpc) is 2.84. The van der Waals surface area contributed by atoms with Gasteiger partial charge >= 0.3 is 0 Å². The molecule has 6 heteroatoms. The van der Waals surface area contributed by atoms with E-state index in [0.29, 0.717) is 6.61 Å². The summed E-state index contributed by atoms with van der Waals surface area (Å²) in [7, 11) is 4.38. The van der Waals surface area contributed by atoms with Crippen LogP contribution >= 0.6 is 23.5 Å². The van der Waals surface area contributed by atoms with Gasteiger partial charge in [-0.25, -0.2) is 0 Å². The fraction of sp³-hybridized carbons (Fsp3) is 0.556. The predicted octanol–water partition coefficient (Wildman–Crippen LogP) is 4.64. The molecule has 0 N–H and O–H groups in total. The standard InChI is InChI=1S/C27H40N2O2S2/c1-28-12-16-30-23-27(31-17-13-29(2)15-19-33-21-20-32-18-14-28)22-24-8-10-26(11-9-24)25-6-4-3-5-7-25/h3-11,27H,12-23H2,1-2H3. The molecular weight excluding hydrogens is 448 g/mol. The molecule has 0 aliphatic carbocycles. The van der Waals surface area contributed by atoms with Crippen LogP contribution in [0.15, 0.2) is 54.6 Å². The second kappa shape index (κ2) is 15.8. The minimum atomic E-state index is 0.0788. The third kappa shape index (κ3) is 10.8. The van der Waals surface area contributed by atoms with Crippen molar-refractivity contribution in [3.63, 3.8) is 0 Å². The first-order chi connectivity index (χ1) is 16.2. The average molecular weight is 489 g/mol. The molecule has 0 radical (unpaired) electrons. The minimum Gasteiger partial charge on any atom is -0.377 e. The minimum absolute atomic E-state index is 0.0788. The Morgan fingerprint density at radius 3 is 2.00 bits per heavy atom. The number of hydrogen-bond acceptors (Lipinski definition) is 6. The van der Waals surface area contributed by atoms with Crippen molar-refractivity contribution in [3.8, 4) is 11.1 Å². The summed E-state index contributed by atoms with van der Waals surface area (Å²) in [6.45, 7) is 6.30. The Morgan fingerprint density at radius 1 is 0.727 bits per heavy atom. The highest BCUT2D eigenvalue weighted by Crippen LogP contribution is 2.20. The third-order valence-electron chi connectivity index (χ3n) is 5.88. The lowest BCUT2D eigenvalue weighted by atomic mass is 10.0. The summed E-state index contributed by atoms with van der Waals surface area (Å²) in [6, 6.07) is 19.4. The van der Waals surface area contributed by atoms with Crippen LogP contribution in [-0.4, -0.2) is 99.0 Å². The lowest BCUT2D eigenvalue weighted by Crippen LogP contribution is -2.31. The third-order valence-corrected chi connectivity index (χ3v) is 8.07. The van der Waals surface area contributed by atoms with Gasteiger partial charge in [-0.1, -0.05) is 54.6 Å². The monoisotopic (exact) mass is 488 g/mol. The molecule has 0 saturated carbocycles. The molecule has 1 aliphatic heterocycles. The maximum atomic E-state index is 6.31. The maximum absolute atomic E-state index is 6.31. The second-order valence-electron chi connectivity index (χ2n) is 8.67. The fourth-order valence-corrected chi connectivity index (χ4v) is 5.92. The zero-order valence-electron chi connectivity index (χ0n) is 20.3. The van der Waals surface area contributed by atoms with E-state index in [9.17, 15) is 0 Å². The molecule has 0 amide bonds. The molecule has 1 unspecified atom stereocenters. The summed E-state index contributed by atoms with van der Waals surface area (Å²) < 4.78 is 12.4. The summed E-state index contributed by atoms with van der Waals surface area (Å²) in [5, 5.41) is 0. The van der Waals surface area contributed by atoms with Gasteiger partial charge in [0.25, 0.3) is 0 Å². The summed E-state index contributed by atoms with van der Waals surface area (Å²) in [5.74, 6) is 4.88. The van der Waals surface area contributed by atoms with Gasteiger partial charge in [-0.2, -0.15) is 23.5 Å². The molecule has 1 fully saturated rings. The Balaban J connectivity index is 1.54. The number of likely N-dealkylation sites (N-methyl/N-ethyl adjacent to an activating group) is 2. The van der Waals surface area contributed by atoms with E-state index < -0.39 is 0 Å². The van der Waals surface area contributed by atoms with E-state index in [-0.39, 0.29) is 6.10 Å². The molecule has 33 heavy (non-hydrogen) atoms. The molecule has 2 aromatic carbocycles. The predicted molar refractivity (Wildman–Crippen MR) is 146 cm³/mol. The van der Waals surface area contributed by atoms with Gasteiger partial charge in [0, 0.05) is 55.6 Å². The van der Waals surface area contributed by atoms with Gasteiger partial charge in [0.2, 0.25) is 0 Å². The summed E-state index contributed by atoms with van der Waals surface area (Å²) in [5.41, 5.74) is 3.80. The Bertz CT molecular complexity index is 760. The molecule has 0 aromatic heterocycles. The van der Waals surface area contributed by atoms with Crippen LogP contribution in [-0.2, 0) is 15.9 Å². The molecule has 3 rings (SSSR count). The molecule has 1 atom stereocenters. The quantitative estimate of drug-likeness (QED) is 0.624. The molecule has 0 bridgehead atoms. The van der Waals surface area contributed by atoms with Gasteiger partial charge < -0.3 is 19.3 Å². The normalized spacial score (nSPS) is 21.8. The van der Waals surface area contributed by atoms with Crippen molar-refractivity contribution in [2.75, 3.05) is 83.1 Å². The van der Waals surface area contributed by atoms with Gasteiger partial charge in [-0.15, -0.1) is 0 Å². The maximum Gasteiger partial charge on any atom is 0.0849 e. The van der Waals surface area contributed by atoms with Crippen molar-refractivity contribution in [3.05, 3.63) is 60.2 Å². The van der Waals surface area contributed by atoms with Crippen molar-refractivity contribution in [1.82, 2.24) is 9.80 Å². The van der Waals surface area contributed by atoms with Crippen LogP contribution in [0.2, 0.25) is 0 Å². The van der Waals surface area contributed by atoms with Gasteiger partial charge in [0.1, 0.15) is 0 Å². The number of benzene rings is 2. The zero-order valence-corrected chi connectivity index (χ0v) is 21.9. The number of nitrogens with zero attached hydrogens (tertiary/aromatic N) is 2. The van der Waals surface area contributed by atoms with Crippen LogP contribution in [0.5, 0.6) is 0 Å². The Morgan fingerprint density at radius 2 is 1.33 bits per heavy atom. The van der Waals surface area contributed by atoms with Crippen LogP contribution < -0.4 is 0 Å². The van der Waals surface area contributed by atoms with Gasteiger partial charge in [-0.05, 0) is 30.8 Å². The largest absolute Gasteiger partial charge is 0.377 e. The topological polar surface area (TPSA) is 24.9 Å². The number of rotatable bonds is 3. The molecule has 0 spiro atoms.